The Balaban J connectivity index is 1.13. The van der Waals surface area contributed by atoms with Crippen molar-refractivity contribution in [2.24, 2.45) is 5.73 Å². The zero-order valence-corrected chi connectivity index (χ0v) is 22.2. The number of nitriles is 1. The summed E-state index contributed by atoms with van der Waals surface area (Å²) in [6.07, 6.45) is 5.51. The normalized spacial score (nSPS) is 14.6. The van der Waals surface area contributed by atoms with E-state index in [2.05, 4.69) is 59.4 Å². The fourth-order valence-corrected chi connectivity index (χ4v) is 6.20. The summed E-state index contributed by atoms with van der Waals surface area (Å²) in [5.41, 5.74) is 10.4. The predicted molar refractivity (Wildman–Crippen MR) is 150 cm³/mol. The highest BCUT2D eigenvalue weighted by Gasteiger charge is 2.18. The maximum absolute atomic E-state index is 11.4. The van der Waals surface area contributed by atoms with Crippen LogP contribution in [0.3, 0.4) is 0 Å². The average Bonchev–Trinajstić information content (AvgIpc) is 3.47. The Morgan fingerprint density at radius 1 is 1.11 bits per heavy atom. The number of carbonyl (C=O) groups is 1. The van der Waals surface area contributed by atoms with Crippen molar-refractivity contribution in [3.8, 4) is 6.07 Å². The number of rotatable bonds is 8. The van der Waals surface area contributed by atoms with Crippen molar-refractivity contribution in [1.82, 2.24) is 8.87 Å². The summed E-state index contributed by atoms with van der Waals surface area (Å²) in [5, 5.41) is 11.4. The monoisotopic (exact) mass is 599 g/mol. The maximum Gasteiger partial charge on any atom is 0.284 e. The summed E-state index contributed by atoms with van der Waals surface area (Å²) in [7, 11) is 1.66. The molecule has 9 heteroatoms. The highest BCUT2D eigenvalue weighted by atomic mass is 127. The van der Waals surface area contributed by atoms with E-state index in [1.807, 2.05) is 24.3 Å². The van der Waals surface area contributed by atoms with Crippen molar-refractivity contribution in [3.05, 3.63) is 65.5 Å². The van der Waals surface area contributed by atoms with Crippen molar-refractivity contribution in [3.63, 3.8) is 0 Å². The molecular formula is C26H26IN5O2S. The predicted octanol–water partition coefficient (Wildman–Crippen LogP) is 5.35. The zero-order valence-electron chi connectivity index (χ0n) is 19.2. The number of unbranched alkanes of at least 4 members (excludes halogenated alkanes) is 1. The molecule has 0 bridgehead atoms. The Labute approximate surface area is 220 Å². The van der Waals surface area contributed by atoms with E-state index >= 15 is 0 Å². The molecule has 3 heterocycles. The summed E-state index contributed by atoms with van der Waals surface area (Å²) in [5.74, 6) is -0.344. The van der Waals surface area contributed by atoms with Gasteiger partial charge in [0.25, 0.3) is 5.91 Å². The van der Waals surface area contributed by atoms with Crippen LogP contribution >= 0.6 is 30.3 Å². The topological polar surface area (TPSA) is 91.4 Å². The Hall–Kier alpha value is -2.68. The van der Waals surface area contributed by atoms with Gasteiger partial charge in [-0.3, -0.25) is 13.7 Å². The fraction of sp³-hybridized carbons (Fsp3) is 0.308. The van der Waals surface area contributed by atoms with Gasteiger partial charge in [-0.1, -0.05) is 0 Å². The van der Waals surface area contributed by atoms with Crippen molar-refractivity contribution in [1.29, 1.82) is 5.26 Å². The van der Waals surface area contributed by atoms with Crippen LogP contribution in [0.1, 0.15) is 34.5 Å². The molecule has 1 fully saturated rings. The first-order valence-corrected chi connectivity index (χ1v) is 15.0. The molecule has 4 aromatic rings. The number of piperazine rings is 1. The highest BCUT2D eigenvalue weighted by molar-refractivity contribution is 14.2. The molecule has 35 heavy (non-hydrogen) atoms. The van der Waals surface area contributed by atoms with E-state index in [4.69, 9.17) is 10.2 Å². The summed E-state index contributed by atoms with van der Waals surface area (Å²) in [4.78, 5) is 16.3. The van der Waals surface area contributed by atoms with Crippen LogP contribution < -0.4 is 10.6 Å². The second-order valence-corrected chi connectivity index (χ2v) is 10.6. The Kier molecular flexibility index (Phi) is 7.22. The third-order valence-electron chi connectivity index (χ3n) is 6.71. The van der Waals surface area contributed by atoms with Crippen LogP contribution in [0.15, 0.2) is 53.1 Å². The van der Waals surface area contributed by atoms with Crippen molar-refractivity contribution in [2.75, 3.05) is 37.6 Å². The zero-order chi connectivity index (χ0) is 24.4. The molecule has 1 aliphatic heterocycles. The van der Waals surface area contributed by atoms with Crippen LogP contribution in [-0.4, -0.2) is 47.5 Å². The lowest BCUT2D eigenvalue weighted by Crippen LogP contribution is -2.46. The first-order valence-electron chi connectivity index (χ1n) is 11.7. The molecule has 2 aromatic heterocycles. The first-order chi connectivity index (χ1) is 17.1. The number of halogens is 1. The van der Waals surface area contributed by atoms with Gasteiger partial charge >= 0.3 is 0 Å². The quantitative estimate of drug-likeness (QED) is 0.217. The molecule has 0 spiro atoms. The Morgan fingerprint density at radius 3 is 2.69 bits per heavy atom. The van der Waals surface area contributed by atoms with E-state index < -0.39 is 5.91 Å². The highest BCUT2D eigenvalue weighted by Crippen LogP contribution is 2.30. The second-order valence-electron chi connectivity index (χ2n) is 8.88. The number of benzene rings is 2. The molecule has 1 amide bonds. The van der Waals surface area contributed by atoms with Gasteiger partial charge in [0.15, 0.2) is 5.76 Å². The van der Waals surface area contributed by atoms with E-state index in [-0.39, 0.29) is 5.76 Å². The summed E-state index contributed by atoms with van der Waals surface area (Å²) >= 11 is 2.30. The minimum atomic E-state index is -0.544. The molecule has 2 N–H and O–H groups in total. The number of fused-ring (bicyclic) bond motifs is 2. The Morgan fingerprint density at radius 2 is 1.94 bits per heavy atom. The molecule has 0 aliphatic carbocycles. The van der Waals surface area contributed by atoms with Crippen LogP contribution in [-0.2, 0) is 6.42 Å². The lowest BCUT2D eigenvalue weighted by atomic mass is 10.1. The molecule has 0 atom stereocenters. The number of amides is 1. The van der Waals surface area contributed by atoms with Crippen LogP contribution in [0.2, 0.25) is 0 Å². The molecule has 0 radical (unpaired) electrons. The molecule has 0 unspecified atom stereocenters. The molecular weight excluding hydrogens is 573 g/mol. The van der Waals surface area contributed by atoms with Gasteiger partial charge in [-0.25, -0.2) is 0 Å². The number of nitrogens with zero attached hydrogens (tertiary/aromatic N) is 4. The lowest BCUT2D eigenvalue weighted by Gasteiger charge is -2.36. The molecule has 7 nitrogen and oxygen atoms in total. The summed E-state index contributed by atoms with van der Waals surface area (Å²) < 4.78 is 7.68. The van der Waals surface area contributed by atoms with E-state index in [0.29, 0.717) is 11.1 Å². The van der Waals surface area contributed by atoms with Crippen LogP contribution in [0.5, 0.6) is 0 Å². The number of aromatic nitrogens is 1. The molecule has 180 valence electrons. The van der Waals surface area contributed by atoms with Crippen LogP contribution in [0.4, 0.5) is 5.69 Å². The molecule has 0 saturated carbocycles. The number of anilines is 1. The minimum absolute atomic E-state index is 0.199. The standard InChI is InChI=1S/C26H26IN5O2S/c27-35-32-17-19(22-13-18(16-28)4-6-23(22)32)3-1-2-8-30-9-11-31(12-10-30)21-5-7-24-20(14-21)15-25(34-24)26(29)33/h4-7,13-15,17H,1-3,8-12H2,(H2,29,33). The summed E-state index contributed by atoms with van der Waals surface area (Å²) in [6.45, 7) is 5.12. The number of primary amides is 1. The Bertz CT molecular complexity index is 1410. The van der Waals surface area contributed by atoms with Gasteiger partial charge in [0.2, 0.25) is 0 Å². The van der Waals surface area contributed by atoms with Gasteiger partial charge in [-0.05, 0) is 73.8 Å². The number of carbonyl (C=O) groups excluding carboxylic acids is 1. The third-order valence-corrected chi connectivity index (χ3v) is 8.43. The van der Waals surface area contributed by atoms with Gasteiger partial charge in [-0.2, -0.15) is 5.26 Å². The number of hydrogen-bond acceptors (Lipinski definition) is 6. The summed E-state index contributed by atoms with van der Waals surface area (Å²) in [6, 6.07) is 16.0. The van der Waals surface area contributed by atoms with Crippen molar-refractivity contribution >= 4 is 63.8 Å². The second kappa shape index (κ2) is 10.5. The van der Waals surface area contributed by atoms with Gasteiger partial charge in [-0.15, -0.1) is 0 Å². The van der Waals surface area contributed by atoms with Gasteiger partial charge in [0.05, 0.1) is 17.1 Å². The van der Waals surface area contributed by atoms with Crippen molar-refractivity contribution in [2.45, 2.75) is 19.3 Å². The maximum atomic E-state index is 11.4. The first kappa shape index (κ1) is 24.0. The average molecular weight is 599 g/mol. The molecule has 1 aliphatic rings. The molecule has 5 rings (SSSR count). The van der Waals surface area contributed by atoms with Crippen LogP contribution in [0.25, 0.3) is 21.9 Å². The third kappa shape index (κ3) is 5.15. The fourth-order valence-electron chi connectivity index (χ4n) is 4.82. The van der Waals surface area contributed by atoms with Gasteiger partial charge in [0, 0.05) is 79.2 Å². The molecule has 1 saturated heterocycles. The van der Waals surface area contributed by atoms with Crippen LogP contribution in [0, 0.1) is 11.3 Å². The number of nitrogens with two attached hydrogens (primary N) is 1. The van der Waals surface area contributed by atoms with E-state index in [9.17, 15) is 10.1 Å². The SMILES string of the molecule is N#Cc1ccc2c(c1)c(CCCCN1CCN(c3ccc4oc(C(N)=O)cc4c3)CC1)cn2SI. The number of hydrogen-bond donors (Lipinski definition) is 1. The van der Waals surface area contributed by atoms with E-state index in [1.54, 1.807) is 15.2 Å². The minimum Gasteiger partial charge on any atom is -0.451 e. The number of furan rings is 1. The van der Waals surface area contributed by atoms with Crippen molar-refractivity contribution < 1.29 is 9.21 Å². The lowest BCUT2D eigenvalue weighted by molar-refractivity contribution is 0.0976. The smallest absolute Gasteiger partial charge is 0.284 e. The largest absolute Gasteiger partial charge is 0.451 e. The van der Waals surface area contributed by atoms with Gasteiger partial charge in [0.1, 0.15) is 5.58 Å². The number of aryl methyl sites for hydroxylation is 1. The molecule has 2 aromatic carbocycles. The van der Waals surface area contributed by atoms with Gasteiger partial charge < -0.3 is 15.1 Å². The van der Waals surface area contributed by atoms with E-state index in [1.165, 1.54) is 16.5 Å². The van der Waals surface area contributed by atoms with E-state index in [0.717, 1.165) is 63.1 Å².